The van der Waals surface area contributed by atoms with Gasteiger partial charge in [0.1, 0.15) is 17.7 Å². The number of aromatic nitrogens is 4. The molecule has 2 N–H and O–H groups in total. The van der Waals surface area contributed by atoms with E-state index < -0.39 is 5.79 Å². The van der Waals surface area contributed by atoms with Crippen molar-refractivity contribution in [1.29, 1.82) is 0 Å². The van der Waals surface area contributed by atoms with Gasteiger partial charge in [-0.15, -0.1) is 0 Å². The van der Waals surface area contributed by atoms with Crippen LogP contribution >= 0.6 is 11.6 Å². The van der Waals surface area contributed by atoms with Crippen molar-refractivity contribution in [1.82, 2.24) is 19.5 Å². The summed E-state index contributed by atoms with van der Waals surface area (Å²) in [6.45, 7) is 3.80. The van der Waals surface area contributed by atoms with Gasteiger partial charge in [0.25, 0.3) is 0 Å². The third kappa shape index (κ3) is 1.92. The average Bonchev–Trinajstić information content (AvgIpc) is 3.00. The lowest BCUT2D eigenvalue weighted by molar-refractivity contribution is -0.146. The first-order valence-corrected chi connectivity index (χ1v) is 7.02. The number of ether oxygens (including phenoxy) is 2. The molecule has 21 heavy (non-hydrogen) atoms. The van der Waals surface area contributed by atoms with Gasteiger partial charge >= 0.3 is 0 Å². The molecule has 0 spiro atoms. The number of anilines is 1. The van der Waals surface area contributed by atoms with Gasteiger partial charge in [0.15, 0.2) is 17.3 Å². The topological polar surface area (TPSA) is 88.1 Å². The largest absolute Gasteiger partial charge is 0.382 e. The molecule has 0 bridgehead atoms. The highest BCUT2D eigenvalue weighted by molar-refractivity contribution is 6.28. The van der Waals surface area contributed by atoms with Gasteiger partial charge in [0.05, 0.1) is 12.4 Å². The molecule has 2 aromatic heterocycles. The number of nitrogens with two attached hydrogens (primary N) is 1. The molecule has 8 heteroatoms. The van der Waals surface area contributed by atoms with Gasteiger partial charge in [-0.2, -0.15) is 9.97 Å². The Bertz CT molecular complexity index is 756. The predicted octanol–water partition coefficient (Wildman–Crippen LogP) is 1.69. The second-order valence-corrected chi connectivity index (χ2v) is 5.98. The van der Waals surface area contributed by atoms with Gasteiger partial charge in [-0.25, -0.2) is 4.98 Å². The molecule has 2 aromatic rings. The first-order valence-electron chi connectivity index (χ1n) is 6.64. The van der Waals surface area contributed by atoms with Crippen LogP contribution in [0.15, 0.2) is 18.5 Å². The fraction of sp³-hybridized carbons (Fsp3) is 0.462. The summed E-state index contributed by atoms with van der Waals surface area (Å²) in [6.07, 6.45) is 5.52. The number of rotatable bonds is 1. The standard InChI is InChI=1S/C13H14ClN5O2/c1-13(2)20-7-4-3-6(9(7)21-13)19-5-16-8-10(15)17-12(14)18-11(8)19/h3-7,9H,1-2H3,(H2,15,17,18)/t6-,7-,9+/m1/s1. The molecule has 1 saturated heterocycles. The number of nitrogens with zero attached hydrogens (tertiary/aromatic N) is 4. The van der Waals surface area contributed by atoms with Gasteiger partial charge in [0.2, 0.25) is 5.28 Å². The van der Waals surface area contributed by atoms with Crippen molar-refractivity contribution in [3.8, 4) is 0 Å². The summed E-state index contributed by atoms with van der Waals surface area (Å²) in [5.41, 5.74) is 6.96. The Kier molecular flexibility index (Phi) is 2.57. The summed E-state index contributed by atoms with van der Waals surface area (Å²) < 4.78 is 13.7. The fourth-order valence-corrected chi connectivity index (χ4v) is 3.11. The number of nitrogen functional groups attached to an aromatic ring is 1. The van der Waals surface area contributed by atoms with E-state index in [1.807, 2.05) is 30.6 Å². The molecule has 3 heterocycles. The van der Waals surface area contributed by atoms with Crippen LogP contribution in [-0.4, -0.2) is 37.5 Å². The van der Waals surface area contributed by atoms with Crippen molar-refractivity contribution in [3.63, 3.8) is 0 Å². The SMILES string of the molecule is CC1(C)O[C@H]2[C@H](n3cnc4c(N)nc(Cl)nc43)C=C[C@H]2O1. The van der Waals surface area contributed by atoms with Crippen molar-refractivity contribution in [3.05, 3.63) is 23.8 Å². The van der Waals surface area contributed by atoms with Crippen molar-refractivity contribution in [2.24, 2.45) is 0 Å². The van der Waals surface area contributed by atoms with Crippen LogP contribution in [0.1, 0.15) is 19.9 Å². The van der Waals surface area contributed by atoms with Crippen LogP contribution in [-0.2, 0) is 9.47 Å². The highest BCUT2D eigenvalue weighted by atomic mass is 35.5. The minimum atomic E-state index is -0.597. The lowest BCUT2D eigenvalue weighted by Gasteiger charge is -2.21. The molecule has 3 atom stereocenters. The third-order valence-corrected chi connectivity index (χ3v) is 3.91. The molecule has 0 amide bonds. The lowest BCUT2D eigenvalue weighted by atomic mass is 10.2. The van der Waals surface area contributed by atoms with Gasteiger partial charge < -0.3 is 19.8 Å². The van der Waals surface area contributed by atoms with Crippen LogP contribution in [0.25, 0.3) is 11.2 Å². The van der Waals surface area contributed by atoms with E-state index in [4.69, 9.17) is 26.8 Å². The zero-order chi connectivity index (χ0) is 14.8. The molecule has 1 fully saturated rings. The molecule has 0 saturated carbocycles. The van der Waals surface area contributed by atoms with E-state index in [9.17, 15) is 0 Å². The quantitative estimate of drug-likeness (QED) is 0.637. The highest BCUT2D eigenvalue weighted by Gasteiger charge is 2.47. The van der Waals surface area contributed by atoms with Gasteiger partial charge in [-0.3, -0.25) is 0 Å². The molecule has 0 unspecified atom stereocenters. The Labute approximate surface area is 125 Å². The maximum Gasteiger partial charge on any atom is 0.226 e. The molecular formula is C13H14ClN5O2. The molecule has 0 aromatic carbocycles. The molecule has 4 rings (SSSR count). The maximum absolute atomic E-state index is 5.98. The molecule has 0 radical (unpaired) electrons. The van der Waals surface area contributed by atoms with Crippen molar-refractivity contribution >= 4 is 28.6 Å². The van der Waals surface area contributed by atoms with Gasteiger partial charge in [-0.05, 0) is 25.4 Å². The number of hydrogen-bond acceptors (Lipinski definition) is 6. The first kappa shape index (κ1) is 13.0. The zero-order valence-corrected chi connectivity index (χ0v) is 12.3. The normalized spacial score (nSPS) is 30.1. The average molecular weight is 308 g/mol. The number of fused-ring (bicyclic) bond motifs is 2. The zero-order valence-electron chi connectivity index (χ0n) is 11.5. The minimum absolute atomic E-state index is 0.0628. The van der Waals surface area contributed by atoms with Crippen molar-refractivity contribution in [2.75, 3.05) is 5.73 Å². The smallest absolute Gasteiger partial charge is 0.226 e. The van der Waals surface area contributed by atoms with E-state index in [1.54, 1.807) is 6.33 Å². The summed E-state index contributed by atoms with van der Waals surface area (Å²) in [7, 11) is 0. The van der Waals surface area contributed by atoms with Crippen LogP contribution in [0.5, 0.6) is 0 Å². The van der Waals surface area contributed by atoms with E-state index in [1.165, 1.54) is 0 Å². The number of halogens is 1. The third-order valence-electron chi connectivity index (χ3n) is 3.74. The van der Waals surface area contributed by atoms with Gasteiger partial charge in [-0.1, -0.05) is 12.2 Å². The monoisotopic (exact) mass is 307 g/mol. The van der Waals surface area contributed by atoms with E-state index in [0.29, 0.717) is 11.2 Å². The molecule has 1 aliphatic heterocycles. The second kappa shape index (κ2) is 4.16. The summed E-state index contributed by atoms with van der Waals surface area (Å²) in [5.74, 6) is -0.327. The van der Waals surface area contributed by atoms with E-state index in [-0.39, 0.29) is 29.4 Å². The van der Waals surface area contributed by atoms with E-state index in [0.717, 1.165) is 0 Å². The predicted molar refractivity (Wildman–Crippen MR) is 76.7 cm³/mol. The maximum atomic E-state index is 5.98. The Morgan fingerprint density at radius 3 is 2.90 bits per heavy atom. The molecular weight excluding hydrogens is 294 g/mol. The molecule has 7 nitrogen and oxygen atoms in total. The number of hydrogen-bond donors (Lipinski definition) is 1. The van der Waals surface area contributed by atoms with Crippen LogP contribution in [0.3, 0.4) is 0 Å². The van der Waals surface area contributed by atoms with Crippen LogP contribution in [0.2, 0.25) is 5.28 Å². The second-order valence-electron chi connectivity index (χ2n) is 5.64. The van der Waals surface area contributed by atoms with Crippen LogP contribution in [0, 0.1) is 0 Å². The Morgan fingerprint density at radius 2 is 2.10 bits per heavy atom. The first-order chi connectivity index (χ1) is 9.94. The Morgan fingerprint density at radius 1 is 1.29 bits per heavy atom. The summed E-state index contributed by atoms with van der Waals surface area (Å²) in [5, 5.41) is 0.101. The molecule has 2 aliphatic rings. The molecule has 1 aliphatic carbocycles. The fourth-order valence-electron chi connectivity index (χ4n) is 2.94. The summed E-state index contributed by atoms with van der Waals surface area (Å²) in [4.78, 5) is 12.4. The molecule has 110 valence electrons. The van der Waals surface area contributed by atoms with E-state index in [2.05, 4.69) is 15.0 Å². The van der Waals surface area contributed by atoms with Gasteiger partial charge in [0, 0.05) is 0 Å². The Balaban J connectivity index is 1.80. The number of imidazole rings is 1. The van der Waals surface area contributed by atoms with E-state index >= 15 is 0 Å². The van der Waals surface area contributed by atoms with Crippen molar-refractivity contribution in [2.45, 2.75) is 37.9 Å². The van der Waals surface area contributed by atoms with Crippen LogP contribution < -0.4 is 5.73 Å². The highest BCUT2D eigenvalue weighted by Crippen LogP contribution is 2.40. The summed E-state index contributed by atoms with van der Waals surface area (Å²) >= 11 is 5.90. The summed E-state index contributed by atoms with van der Waals surface area (Å²) in [6, 6.07) is -0.0628. The Hall–Kier alpha value is -1.70. The lowest BCUT2D eigenvalue weighted by Crippen LogP contribution is -2.27. The minimum Gasteiger partial charge on any atom is -0.382 e. The van der Waals surface area contributed by atoms with Crippen molar-refractivity contribution < 1.29 is 9.47 Å². The van der Waals surface area contributed by atoms with Crippen LogP contribution in [0.4, 0.5) is 5.82 Å².